The van der Waals surface area contributed by atoms with Gasteiger partial charge in [-0.3, -0.25) is 0 Å². The van der Waals surface area contributed by atoms with Gasteiger partial charge < -0.3 is 43.4 Å². The topological polar surface area (TPSA) is 206 Å². The number of nitrogens with one attached hydrogen (secondary N) is 3. The number of rotatable bonds is 8. The van der Waals surface area contributed by atoms with Crippen LogP contribution in [0.5, 0.6) is 0 Å². The molecule has 232 valence electrons. The number of aliphatic hydroxyl groups is 2. The van der Waals surface area contributed by atoms with Crippen LogP contribution in [0.3, 0.4) is 0 Å². The number of anilines is 7. The van der Waals surface area contributed by atoms with Crippen LogP contribution in [0, 0.1) is 0 Å². The van der Waals surface area contributed by atoms with Gasteiger partial charge in [0.1, 0.15) is 11.6 Å². The Bertz CT molecular complexity index is 1390. The average Bonchev–Trinajstić information content (AvgIpc) is 2.96. The number of aliphatic hydroxyl groups excluding tert-OH is 2. The van der Waals surface area contributed by atoms with Crippen molar-refractivity contribution in [3.8, 4) is 0 Å². The zero-order valence-corrected chi connectivity index (χ0v) is 28.1. The highest BCUT2D eigenvalue weighted by atomic mass is 79.9. The van der Waals surface area contributed by atoms with Crippen molar-refractivity contribution in [2.45, 2.75) is 52.0 Å². The van der Waals surface area contributed by atoms with E-state index in [1.807, 2.05) is 26.0 Å². The molecule has 11 N–H and O–H groups in total. The smallest absolute Gasteiger partial charge is 0.229 e. The SMILES string of the molecule is C[C@@H](O)[C@@H](C)Nc1nc(Cl)ncc1Br.C[C@@H](O)[C@@H](C)Nc1nc(Nc2ccc(N)cc2)ncc1Br.Nc1ccc(N)cc1. The third-order valence-electron chi connectivity index (χ3n) is 5.74. The van der Waals surface area contributed by atoms with Crippen molar-refractivity contribution in [2.24, 2.45) is 0 Å². The number of benzene rings is 2. The summed E-state index contributed by atoms with van der Waals surface area (Å²) in [5.41, 5.74) is 19.4. The fourth-order valence-corrected chi connectivity index (χ4v) is 3.58. The molecule has 0 aliphatic rings. The highest BCUT2D eigenvalue weighted by Gasteiger charge is 2.13. The minimum absolute atomic E-state index is 0.0998. The second kappa shape index (κ2) is 17.6. The van der Waals surface area contributed by atoms with Crippen molar-refractivity contribution in [3.05, 3.63) is 75.2 Å². The molecule has 0 unspecified atom stereocenters. The van der Waals surface area contributed by atoms with E-state index in [4.69, 9.17) is 28.8 Å². The molecule has 43 heavy (non-hydrogen) atoms. The summed E-state index contributed by atoms with van der Waals surface area (Å²) < 4.78 is 1.45. The molecule has 4 rings (SSSR count). The fourth-order valence-electron chi connectivity index (χ4n) is 2.84. The molecule has 2 heterocycles. The monoisotopic (exact) mass is 738 g/mol. The van der Waals surface area contributed by atoms with E-state index in [1.54, 1.807) is 62.6 Å². The van der Waals surface area contributed by atoms with Gasteiger partial charge in [-0.25, -0.2) is 9.97 Å². The molecule has 0 saturated heterocycles. The Labute approximate surface area is 273 Å². The van der Waals surface area contributed by atoms with Gasteiger partial charge in [-0.15, -0.1) is 0 Å². The molecule has 2 aromatic heterocycles. The number of nitrogens with two attached hydrogens (primary N) is 3. The Kier molecular flexibility index (Phi) is 14.7. The fraction of sp³-hybridized carbons (Fsp3) is 0.286. The quantitative estimate of drug-likeness (QED) is 0.0813. The van der Waals surface area contributed by atoms with Gasteiger partial charge in [0, 0.05) is 35.1 Å². The van der Waals surface area contributed by atoms with Crippen molar-refractivity contribution >= 4 is 83.8 Å². The predicted octanol–water partition coefficient (Wildman–Crippen LogP) is 5.67. The third kappa shape index (κ3) is 13.2. The summed E-state index contributed by atoms with van der Waals surface area (Å²) >= 11 is 12.3. The molecule has 0 aliphatic carbocycles. The van der Waals surface area contributed by atoms with Crippen molar-refractivity contribution in [1.82, 2.24) is 19.9 Å². The molecule has 0 bridgehead atoms. The number of hydrogen-bond acceptors (Lipinski definition) is 12. The normalized spacial score (nSPS) is 13.1. The van der Waals surface area contributed by atoms with E-state index in [2.05, 4.69) is 67.7 Å². The standard InChI is InChI=1S/C14H18BrN5O.C8H11BrClN3O.C6H8N2/c1-8(9(2)21)18-13-12(15)7-17-14(20-13)19-11-5-3-10(16)4-6-11;1-4(5(2)14)12-7-6(9)3-11-8(10)13-7;7-5-1-2-6(8)4-3-5/h3-9,21H,16H2,1-2H3,(H2,17,18,19,20);3-5,14H,1-2H3,(H,11,12,13);1-4H,7-8H2/t8-,9-;4-,5-;/m11./s1. The summed E-state index contributed by atoms with van der Waals surface area (Å²) in [5.74, 6) is 1.66. The van der Waals surface area contributed by atoms with Crippen LogP contribution in [0.1, 0.15) is 27.7 Å². The second-order valence-corrected chi connectivity index (χ2v) is 11.5. The van der Waals surface area contributed by atoms with Crippen molar-refractivity contribution in [2.75, 3.05) is 33.2 Å². The maximum Gasteiger partial charge on any atom is 0.229 e. The first-order valence-corrected chi connectivity index (χ1v) is 15.0. The maximum absolute atomic E-state index is 9.55. The Balaban J connectivity index is 0.000000251. The zero-order chi connectivity index (χ0) is 32.1. The summed E-state index contributed by atoms with van der Waals surface area (Å²) in [6, 6.07) is 14.2. The molecule has 0 aliphatic heterocycles. The first-order chi connectivity index (χ1) is 20.2. The molecule has 2 aromatic carbocycles. The molecule has 12 nitrogen and oxygen atoms in total. The number of halogens is 3. The van der Waals surface area contributed by atoms with Gasteiger partial charge in [-0.2, -0.15) is 9.97 Å². The van der Waals surface area contributed by atoms with Crippen molar-refractivity contribution in [1.29, 1.82) is 0 Å². The Morgan fingerprint density at radius 1 is 0.674 bits per heavy atom. The van der Waals surface area contributed by atoms with E-state index in [9.17, 15) is 10.2 Å². The highest BCUT2D eigenvalue weighted by molar-refractivity contribution is 9.11. The lowest BCUT2D eigenvalue weighted by Gasteiger charge is -2.18. The lowest BCUT2D eigenvalue weighted by molar-refractivity contribution is 0.177. The highest BCUT2D eigenvalue weighted by Crippen LogP contribution is 2.24. The van der Waals surface area contributed by atoms with Crippen LogP contribution in [0.25, 0.3) is 0 Å². The van der Waals surface area contributed by atoms with E-state index in [0.29, 0.717) is 23.3 Å². The first-order valence-electron chi connectivity index (χ1n) is 13.1. The number of aromatic nitrogens is 4. The van der Waals surface area contributed by atoms with Gasteiger partial charge in [-0.05, 0) is 120 Å². The maximum atomic E-state index is 9.55. The summed E-state index contributed by atoms with van der Waals surface area (Å²) in [6.45, 7) is 7.16. The van der Waals surface area contributed by atoms with Crippen LogP contribution in [0.2, 0.25) is 5.28 Å². The number of hydrogen-bond donors (Lipinski definition) is 8. The molecule has 15 heteroatoms. The largest absolute Gasteiger partial charge is 0.399 e. The zero-order valence-electron chi connectivity index (χ0n) is 24.1. The van der Waals surface area contributed by atoms with Crippen LogP contribution < -0.4 is 33.2 Å². The number of nitrogens with zero attached hydrogens (tertiary/aromatic N) is 4. The van der Waals surface area contributed by atoms with Gasteiger partial charge in [0.15, 0.2) is 0 Å². The van der Waals surface area contributed by atoms with Crippen molar-refractivity contribution < 1.29 is 10.2 Å². The molecule has 0 saturated carbocycles. The Morgan fingerprint density at radius 2 is 1.07 bits per heavy atom. The van der Waals surface area contributed by atoms with E-state index >= 15 is 0 Å². The molecular weight excluding hydrogens is 704 g/mol. The lowest BCUT2D eigenvalue weighted by Crippen LogP contribution is -2.28. The summed E-state index contributed by atoms with van der Waals surface area (Å²) in [4.78, 5) is 16.4. The van der Waals surface area contributed by atoms with E-state index < -0.39 is 12.2 Å². The minimum Gasteiger partial charge on any atom is -0.399 e. The van der Waals surface area contributed by atoms with Crippen LogP contribution in [-0.2, 0) is 0 Å². The molecule has 0 amide bonds. The van der Waals surface area contributed by atoms with E-state index in [0.717, 1.165) is 26.0 Å². The number of nitrogen functional groups attached to an aromatic ring is 3. The Morgan fingerprint density at radius 3 is 1.51 bits per heavy atom. The van der Waals surface area contributed by atoms with Gasteiger partial charge in [-0.1, -0.05) is 0 Å². The van der Waals surface area contributed by atoms with Crippen LogP contribution >= 0.6 is 43.5 Å². The molecule has 4 aromatic rings. The van der Waals surface area contributed by atoms with Gasteiger partial charge in [0.25, 0.3) is 0 Å². The molecule has 0 radical (unpaired) electrons. The van der Waals surface area contributed by atoms with Crippen LogP contribution in [-0.4, -0.2) is 54.4 Å². The van der Waals surface area contributed by atoms with E-state index in [-0.39, 0.29) is 17.4 Å². The van der Waals surface area contributed by atoms with Crippen molar-refractivity contribution in [3.63, 3.8) is 0 Å². The summed E-state index contributed by atoms with van der Waals surface area (Å²) in [7, 11) is 0. The Hall–Kier alpha value is -3.43. The predicted molar refractivity (Wildman–Crippen MR) is 183 cm³/mol. The molecular formula is C28H37Br2ClN10O2. The second-order valence-electron chi connectivity index (χ2n) is 9.49. The molecule has 0 spiro atoms. The lowest BCUT2D eigenvalue weighted by atomic mass is 10.2. The molecule has 0 fully saturated rings. The summed E-state index contributed by atoms with van der Waals surface area (Å²) in [5, 5.41) is 28.3. The average molecular weight is 741 g/mol. The minimum atomic E-state index is -0.486. The van der Waals surface area contributed by atoms with Gasteiger partial charge in [0.2, 0.25) is 11.2 Å². The van der Waals surface area contributed by atoms with E-state index in [1.165, 1.54) is 0 Å². The summed E-state index contributed by atoms with van der Waals surface area (Å²) in [6.07, 6.45) is 2.27. The van der Waals surface area contributed by atoms with Crippen LogP contribution in [0.15, 0.2) is 69.9 Å². The van der Waals surface area contributed by atoms with Crippen LogP contribution in [0.4, 0.5) is 40.3 Å². The van der Waals surface area contributed by atoms with Gasteiger partial charge in [0.05, 0.1) is 33.2 Å². The third-order valence-corrected chi connectivity index (χ3v) is 7.08. The molecule has 4 atom stereocenters. The van der Waals surface area contributed by atoms with Gasteiger partial charge >= 0.3 is 0 Å². The first kappa shape index (κ1) is 35.8.